The van der Waals surface area contributed by atoms with Crippen LogP contribution in [0.1, 0.15) is 17.2 Å². The second-order valence-corrected chi connectivity index (χ2v) is 6.78. The van der Waals surface area contributed by atoms with Gasteiger partial charge in [0, 0.05) is 23.1 Å². The minimum Gasteiger partial charge on any atom is -0.434 e. The van der Waals surface area contributed by atoms with Gasteiger partial charge in [0.15, 0.2) is 0 Å². The van der Waals surface area contributed by atoms with Crippen LogP contribution in [0.4, 0.5) is 8.78 Å². The summed E-state index contributed by atoms with van der Waals surface area (Å²) in [6, 6.07) is 14.2. The van der Waals surface area contributed by atoms with E-state index in [4.69, 9.17) is 0 Å². The highest BCUT2D eigenvalue weighted by molar-refractivity contribution is 9.10. The normalized spacial score (nSPS) is 19.5. The smallest absolute Gasteiger partial charge is 0.387 e. The number of hydrazine groups is 1. The first-order valence-electron chi connectivity index (χ1n) is 8.09. The number of hydrogen-bond donors (Lipinski definition) is 3. The van der Waals surface area contributed by atoms with Crippen LogP contribution in [0.25, 0.3) is 0 Å². The number of rotatable bonds is 6. The number of carbonyl (C=O) groups is 1. The number of ether oxygens (including phenoxy) is 1. The minimum absolute atomic E-state index is 0.0470. The molecule has 0 spiro atoms. The van der Waals surface area contributed by atoms with Gasteiger partial charge in [-0.3, -0.25) is 10.2 Å². The maximum absolute atomic E-state index is 12.6. The van der Waals surface area contributed by atoms with Gasteiger partial charge in [-0.2, -0.15) is 8.78 Å². The van der Waals surface area contributed by atoms with Crippen molar-refractivity contribution in [2.45, 2.75) is 19.2 Å². The van der Waals surface area contributed by atoms with Crippen LogP contribution in [0.5, 0.6) is 5.75 Å². The van der Waals surface area contributed by atoms with Crippen LogP contribution < -0.4 is 20.9 Å². The van der Waals surface area contributed by atoms with E-state index in [0.29, 0.717) is 12.1 Å². The topological polar surface area (TPSA) is 62.4 Å². The summed E-state index contributed by atoms with van der Waals surface area (Å²) in [7, 11) is 0. The van der Waals surface area contributed by atoms with E-state index in [0.717, 1.165) is 10.0 Å². The molecule has 0 saturated carbocycles. The molecule has 1 aliphatic heterocycles. The quantitative estimate of drug-likeness (QED) is 0.665. The summed E-state index contributed by atoms with van der Waals surface area (Å²) >= 11 is 3.30. The zero-order valence-electron chi connectivity index (χ0n) is 13.7. The number of alkyl halides is 2. The van der Waals surface area contributed by atoms with Crippen molar-refractivity contribution in [2.24, 2.45) is 5.92 Å². The highest BCUT2D eigenvalue weighted by atomic mass is 79.9. The van der Waals surface area contributed by atoms with Gasteiger partial charge in [-0.15, -0.1) is 0 Å². The molecule has 3 N–H and O–H groups in total. The monoisotopic (exact) mass is 425 g/mol. The summed E-state index contributed by atoms with van der Waals surface area (Å²) in [5.41, 5.74) is 7.59. The lowest BCUT2D eigenvalue weighted by Gasteiger charge is -2.19. The molecule has 138 valence electrons. The van der Waals surface area contributed by atoms with E-state index in [9.17, 15) is 13.6 Å². The van der Waals surface area contributed by atoms with E-state index >= 15 is 0 Å². The van der Waals surface area contributed by atoms with E-state index in [2.05, 4.69) is 36.8 Å². The van der Waals surface area contributed by atoms with Crippen molar-refractivity contribution in [1.29, 1.82) is 0 Å². The van der Waals surface area contributed by atoms with Crippen molar-refractivity contribution < 1.29 is 18.3 Å². The Morgan fingerprint density at radius 2 is 2.04 bits per heavy atom. The fraction of sp³-hybridized carbons (Fsp3) is 0.278. The summed E-state index contributed by atoms with van der Waals surface area (Å²) in [4.78, 5) is 12.6. The fourth-order valence-corrected chi connectivity index (χ4v) is 3.34. The zero-order valence-corrected chi connectivity index (χ0v) is 15.3. The molecule has 0 radical (unpaired) electrons. The van der Waals surface area contributed by atoms with Crippen LogP contribution in [-0.4, -0.2) is 19.1 Å². The second-order valence-electron chi connectivity index (χ2n) is 5.87. The van der Waals surface area contributed by atoms with Gasteiger partial charge in [0.1, 0.15) is 5.75 Å². The Morgan fingerprint density at radius 3 is 2.77 bits per heavy atom. The lowest BCUT2D eigenvalue weighted by molar-refractivity contribution is -0.125. The first-order valence-corrected chi connectivity index (χ1v) is 8.88. The van der Waals surface area contributed by atoms with Gasteiger partial charge in [-0.1, -0.05) is 46.3 Å². The third-order valence-electron chi connectivity index (χ3n) is 4.17. The molecule has 26 heavy (non-hydrogen) atoms. The molecular formula is C18H18BrF2N3O2. The first kappa shape index (κ1) is 18.8. The van der Waals surface area contributed by atoms with Crippen molar-refractivity contribution >= 4 is 21.8 Å². The summed E-state index contributed by atoms with van der Waals surface area (Å²) in [6.45, 7) is -2.35. The minimum atomic E-state index is -2.92. The highest BCUT2D eigenvalue weighted by Gasteiger charge is 2.33. The van der Waals surface area contributed by atoms with Gasteiger partial charge < -0.3 is 10.1 Å². The molecule has 0 bridgehead atoms. The summed E-state index contributed by atoms with van der Waals surface area (Å²) in [5.74, 6) is -0.436. The number of amides is 1. The number of hydrogen-bond acceptors (Lipinski definition) is 4. The molecule has 8 heteroatoms. The van der Waals surface area contributed by atoms with Gasteiger partial charge in [-0.25, -0.2) is 5.43 Å². The molecule has 1 saturated heterocycles. The van der Waals surface area contributed by atoms with Crippen molar-refractivity contribution in [1.82, 2.24) is 16.2 Å². The van der Waals surface area contributed by atoms with Gasteiger partial charge >= 0.3 is 6.61 Å². The van der Waals surface area contributed by atoms with Gasteiger partial charge in [0.05, 0.1) is 12.0 Å². The second kappa shape index (κ2) is 8.57. The lowest BCUT2D eigenvalue weighted by atomic mass is 9.94. The predicted molar refractivity (Wildman–Crippen MR) is 96.4 cm³/mol. The fourth-order valence-electron chi connectivity index (χ4n) is 2.93. The number of carbonyl (C=O) groups excluding carboxylic acids is 1. The molecule has 3 rings (SSSR count). The van der Waals surface area contributed by atoms with Crippen molar-refractivity contribution in [3.63, 3.8) is 0 Å². The number of nitrogens with one attached hydrogen (secondary N) is 3. The Hall–Kier alpha value is -2.03. The maximum atomic E-state index is 12.6. The standard InChI is InChI=1S/C18H18BrF2N3O2/c19-13-6-7-15(26-18(20)21)12(8-13)9-22-17(25)14-10-23-24-16(14)11-4-2-1-3-5-11/h1-8,14,16,18,23-24H,9-10H2,(H,22,25). The Morgan fingerprint density at radius 1 is 1.27 bits per heavy atom. The van der Waals surface area contributed by atoms with Gasteiger partial charge in [0.25, 0.3) is 0 Å². The Bertz CT molecular complexity index is 761. The average Bonchev–Trinajstić information content (AvgIpc) is 3.12. The molecule has 2 atom stereocenters. The van der Waals surface area contributed by atoms with E-state index in [1.54, 1.807) is 12.1 Å². The van der Waals surface area contributed by atoms with Crippen molar-refractivity contribution in [3.8, 4) is 5.75 Å². The average molecular weight is 426 g/mol. The highest BCUT2D eigenvalue weighted by Crippen LogP contribution is 2.27. The van der Waals surface area contributed by atoms with Crippen molar-refractivity contribution in [3.05, 3.63) is 64.1 Å². The van der Waals surface area contributed by atoms with Crippen molar-refractivity contribution in [2.75, 3.05) is 6.54 Å². The van der Waals surface area contributed by atoms with Gasteiger partial charge in [0.2, 0.25) is 5.91 Å². The molecule has 1 fully saturated rings. The van der Waals surface area contributed by atoms with E-state index < -0.39 is 6.61 Å². The maximum Gasteiger partial charge on any atom is 0.387 e. The molecule has 0 aliphatic carbocycles. The van der Waals surface area contributed by atoms with Crippen LogP contribution in [0.2, 0.25) is 0 Å². The predicted octanol–water partition coefficient (Wildman–Crippen LogP) is 3.13. The molecule has 2 unspecified atom stereocenters. The lowest BCUT2D eigenvalue weighted by Crippen LogP contribution is -2.34. The molecule has 1 amide bonds. The van der Waals surface area contributed by atoms with E-state index in [-0.39, 0.29) is 30.2 Å². The summed E-state index contributed by atoms with van der Waals surface area (Å²) < 4.78 is 30.3. The van der Waals surface area contributed by atoms with Crippen LogP contribution in [0.15, 0.2) is 53.0 Å². The molecular weight excluding hydrogens is 408 g/mol. The van der Waals surface area contributed by atoms with Gasteiger partial charge in [-0.05, 0) is 23.8 Å². The number of benzene rings is 2. The summed E-state index contributed by atoms with van der Waals surface area (Å²) in [5, 5.41) is 2.82. The Kier molecular flexibility index (Phi) is 6.18. The molecule has 2 aromatic carbocycles. The Labute approximate surface area is 158 Å². The first-order chi connectivity index (χ1) is 12.5. The molecule has 2 aromatic rings. The number of halogens is 3. The molecule has 1 aliphatic rings. The van der Waals surface area contributed by atoms with Crippen LogP contribution >= 0.6 is 15.9 Å². The van der Waals surface area contributed by atoms with Crippen LogP contribution in [0.3, 0.4) is 0 Å². The largest absolute Gasteiger partial charge is 0.434 e. The zero-order chi connectivity index (χ0) is 18.5. The Balaban J connectivity index is 1.68. The van der Waals surface area contributed by atoms with E-state index in [1.165, 1.54) is 6.07 Å². The summed E-state index contributed by atoms with van der Waals surface area (Å²) in [6.07, 6.45) is 0. The van der Waals surface area contributed by atoms with Crippen LogP contribution in [-0.2, 0) is 11.3 Å². The molecule has 5 nitrogen and oxygen atoms in total. The molecule has 1 heterocycles. The molecule has 0 aromatic heterocycles. The third kappa shape index (κ3) is 4.57. The SMILES string of the molecule is O=C(NCc1cc(Br)ccc1OC(F)F)C1CNNC1c1ccccc1. The van der Waals surface area contributed by atoms with Crippen LogP contribution in [0, 0.1) is 5.92 Å². The third-order valence-corrected chi connectivity index (χ3v) is 4.66. The van der Waals surface area contributed by atoms with E-state index in [1.807, 2.05) is 30.3 Å².